The molecule has 1 amide bonds. The first kappa shape index (κ1) is 9.44. The zero-order chi connectivity index (χ0) is 9.41. The van der Waals surface area contributed by atoms with E-state index in [0.29, 0.717) is 0 Å². The molecule has 70 valence electrons. The van der Waals surface area contributed by atoms with E-state index in [4.69, 9.17) is 10.2 Å². The smallest absolute Gasteiger partial charge is 0.255 e. The molecule has 0 spiro atoms. The SMILES string of the molecule is CCC1(O)CCC(O)(O)NC1=O. The summed E-state index contributed by atoms with van der Waals surface area (Å²) in [5.74, 6) is -2.88. The Balaban J connectivity index is 2.72. The quantitative estimate of drug-likeness (QED) is 0.372. The molecule has 1 fully saturated rings. The molecule has 0 aromatic heterocycles. The van der Waals surface area contributed by atoms with Crippen molar-refractivity contribution in [3.05, 3.63) is 0 Å². The third-order valence-corrected chi connectivity index (χ3v) is 2.21. The monoisotopic (exact) mass is 175 g/mol. The number of rotatable bonds is 1. The lowest BCUT2D eigenvalue weighted by Crippen LogP contribution is -2.61. The number of carbonyl (C=O) groups excluding carboxylic acids is 1. The van der Waals surface area contributed by atoms with E-state index in [-0.39, 0.29) is 19.3 Å². The Morgan fingerprint density at radius 1 is 1.42 bits per heavy atom. The van der Waals surface area contributed by atoms with Crippen LogP contribution in [0, 0.1) is 0 Å². The molecular weight excluding hydrogens is 162 g/mol. The lowest BCUT2D eigenvalue weighted by atomic mass is 9.89. The van der Waals surface area contributed by atoms with Gasteiger partial charge in [0.2, 0.25) is 5.91 Å². The highest BCUT2D eigenvalue weighted by Crippen LogP contribution is 2.25. The van der Waals surface area contributed by atoms with E-state index in [1.807, 2.05) is 5.32 Å². The lowest BCUT2D eigenvalue weighted by Gasteiger charge is -2.36. The first-order chi connectivity index (χ1) is 5.40. The minimum absolute atomic E-state index is 0.0525. The maximum Gasteiger partial charge on any atom is 0.255 e. The molecule has 0 aromatic rings. The number of carbonyl (C=O) groups is 1. The molecule has 1 rings (SSSR count). The van der Waals surface area contributed by atoms with Crippen molar-refractivity contribution in [2.45, 2.75) is 37.7 Å². The third kappa shape index (κ3) is 1.57. The molecule has 0 aliphatic carbocycles. The van der Waals surface area contributed by atoms with Crippen molar-refractivity contribution in [3.63, 3.8) is 0 Å². The van der Waals surface area contributed by atoms with E-state index >= 15 is 0 Å². The average molecular weight is 175 g/mol. The highest BCUT2D eigenvalue weighted by Gasteiger charge is 2.44. The molecule has 0 aromatic carbocycles. The zero-order valence-electron chi connectivity index (χ0n) is 6.87. The maximum atomic E-state index is 11.1. The number of aliphatic hydroxyl groups is 3. The first-order valence-electron chi connectivity index (χ1n) is 3.89. The van der Waals surface area contributed by atoms with Crippen molar-refractivity contribution >= 4 is 5.91 Å². The van der Waals surface area contributed by atoms with Crippen LogP contribution in [0.25, 0.3) is 0 Å². The zero-order valence-corrected chi connectivity index (χ0v) is 6.87. The molecule has 0 radical (unpaired) electrons. The lowest BCUT2D eigenvalue weighted by molar-refractivity contribution is -0.221. The first-order valence-corrected chi connectivity index (χ1v) is 3.89. The fourth-order valence-electron chi connectivity index (χ4n) is 1.19. The van der Waals surface area contributed by atoms with E-state index in [1.165, 1.54) is 0 Å². The van der Waals surface area contributed by atoms with Crippen LogP contribution in [0.15, 0.2) is 0 Å². The van der Waals surface area contributed by atoms with Gasteiger partial charge in [-0.3, -0.25) is 4.79 Å². The van der Waals surface area contributed by atoms with Crippen LogP contribution in [0.2, 0.25) is 0 Å². The van der Waals surface area contributed by atoms with Gasteiger partial charge in [0.1, 0.15) is 5.60 Å². The third-order valence-electron chi connectivity index (χ3n) is 2.21. The summed E-state index contributed by atoms with van der Waals surface area (Å²) in [5.41, 5.74) is -1.44. The van der Waals surface area contributed by atoms with E-state index in [1.54, 1.807) is 6.92 Å². The van der Waals surface area contributed by atoms with Crippen LogP contribution in [-0.4, -0.2) is 32.7 Å². The molecule has 5 nitrogen and oxygen atoms in total. The summed E-state index contributed by atoms with van der Waals surface area (Å²) >= 11 is 0. The molecule has 5 heteroatoms. The van der Waals surface area contributed by atoms with E-state index in [2.05, 4.69) is 0 Å². The summed E-state index contributed by atoms with van der Waals surface area (Å²) in [7, 11) is 0. The number of hydrogen-bond acceptors (Lipinski definition) is 4. The molecule has 1 heterocycles. The molecule has 12 heavy (non-hydrogen) atoms. The van der Waals surface area contributed by atoms with Crippen molar-refractivity contribution in [1.29, 1.82) is 0 Å². The Morgan fingerprint density at radius 2 is 2.00 bits per heavy atom. The molecule has 1 atom stereocenters. The van der Waals surface area contributed by atoms with Gasteiger partial charge in [-0.2, -0.15) is 0 Å². The Kier molecular flexibility index (Phi) is 2.11. The van der Waals surface area contributed by atoms with Crippen molar-refractivity contribution in [2.75, 3.05) is 0 Å². The van der Waals surface area contributed by atoms with Crippen LogP contribution in [0.4, 0.5) is 0 Å². The summed E-state index contributed by atoms with van der Waals surface area (Å²) < 4.78 is 0. The molecule has 1 saturated heterocycles. The Bertz CT molecular complexity index is 204. The minimum Gasteiger partial charge on any atom is -0.380 e. The number of hydrogen-bond donors (Lipinski definition) is 4. The minimum atomic E-state index is -2.15. The molecule has 0 saturated carbocycles. The second-order valence-corrected chi connectivity index (χ2v) is 3.16. The molecule has 4 N–H and O–H groups in total. The average Bonchev–Trinajstić information content (AvgIpc) is 1.97. The number of nitrogens with one attached hydrogen (secondary N) is 1. The van der Waals surface area contributed by atoms with Gasteiger partial charge in [0.25, 0.3) is 5.91 Å². The van der Waals surface area contributed by atoms with Crippen LogP contribution in [0.3, 0.4) is 0 Å². The predicted octanol–water partition coefficient (Wildman–Crippen LogP) is -1.32. The fraction of sp³-hybridized carbons (Fsp3) is 0.857. The van der Waals surface area contributed by atoms with Gasteiger partial charge in [0.15, 0.2) is 0 Å². The summed E-state index contributed by atoms with van der Waals surface area (Å²) in [6, 6.07) is 0. The van der Waals surface area contributed by atoms with Crippen molar-refractivity contribution in [1.82, 2.24) is 5.32 Å². The number of piperidine rings is 1. The highest BCUT2D eigenvalue weighted by molar-refractivity contribution is 5.85. The van der Waals surface area contributed by atoms with Crippen LogP contribution in [-0.2, 0) is 4.79 Å². The van der Waals surface area contributed by atoms with Gasteiger partial charge in [-0.25, -0.2) is 0 Å². The normalized spacial score (nSPS) is 34.5. The molecule has 1 unspecified atom stereocenters. The van der Waals surface area contributed by atoms with Crippen LogP contribution < -0.4 is 5.32 Å². The van der Waals surface area contributed by atoms with Crippen molar-refractivity contribution < 1.29 is 20.1 Å². The molecule has 1 aliphatic rings. The highest BCUT2D eigenvalue weighted by atomic mass is 16.5. The van der Waals surface area contributed by atoms with Gasteiger partial charge in [-0.1, -0.05) is 6.92 Å². The van der Waals surface area contributed by atoms with E-state index in [9.17, 15) is 9.90 Å². The standard InChI is InChI=1S/C7H13NO4/c1-2-6(10)3-4-7(11,12)8-5(6)9/h10-12H,2-4H2,1H3,(H,8,9). The predicted molar refractivity (Wildman–Crippen MR) is 39.8 cm³/mol. The maximum absolute atomic E-state index is 11.1. The summed E-state index contributed by atoms with van der Waals surface area (Å²) in [5, 5.41) is 29.4. The van der Waals surface area contributed by atoms with Crippen molar-refractivity contribution in [3.8, 4) is 0 Å². The van der Waals surface area contributed by atoms with Gasteiger partial charge in [0.05, 0.1) is 0 Å². The summed E-state index contributed by atoms with van der Waals surface area (Å²) in [6.07, 6.45) is 0.292. The number of amides is 1. The van der Waals surface area contributed by atoms with Crippen molar-refractivity contribution in [2.24, 2.45) is 0 Å². The van der Waals surface area contributed by atoms with Crippen LogP contribution >= 0.6 is 0 Å². The summed E-state index contributed by atoms with van der Waals surface area (Å²) in [6.45, 7) is 1.67. The fourth-order valence-corrected chi connectivity index (χ4v) is 1.19. The van der Waals surface area contributed by atoms with Gasteiger partial charge in [-0.15, -0.1) is 0 Å². The molecule has 0 bridgehead atoms. The largest absolute Gasteiger partial charge is 0.380 e. The second kappa shape index (κ2) is 2.69. The molecule has 1 aliphatic heterocycles. The van der Waals surface area contributed by atoms with Gasteiger partial charge < -0.3 is 20.6 Å². The molecular formula is C7H13NO4. The van der Waals surface area contributed by atoms with E-state index < -0.39 is 17.4 Å². The van der Waals surface area contributed by atoms with Crippen LogP contribution in [0.1, 0.15) is 26.2 Å². The van der Waals surface area contributed by atoms with Gasteiger partial charge >= 0.3 is 0 Å². The van der Waals surface area contributed by atoms with Gasteiger partial charge in [0, 0.05) is 6.42 Å². The van der Waals surface area contributed by atoms with Gasteiger partial charge in [-0.05, 0) is 12.8 Å². The summed E-state index contributed by atoms with van der Waals surface area (Å²) in [4.78, 5) is 11.1. The Morgan fingerprint density at radius 3 is 2.42 bits per heavy atom. The van der Waals surface area contributed by atoms with Crippen LogP contribution in [0.5, 0.6) is 0 Å². The Labute approximate surface area is 70.0 Å². The Hall–Kier alpha value is -0.650. The second-order valence-electron chi connectivity index (χ2n) is 3.16. The topological polar surface area (TPSA) is 89.8 Å². The van der Waals surface area contributed by atoms with E-state index in [0.717, 1.165) is 0 Å².